The molecule has 0 spiro atoms. The van der Waals surface area contributed by atoms with E-state index in [4.69, 9.17) is 0 Å². The molecule has 6 N–H and O–H groups in total. The Morgan fingerprint density at radius 3 is 1.33 bits per heavy atom. The molecule has 0 unspecified atom stereocenters. The predicted octanol–water partition coefficient (Wildman–Crippen LogP) is 7.96. The number of nitrogens with zero attached hydrogens (tertiary/aromatic N) is 1. The first-order valence-electron chi connectivity index (χ1n) is 15.5. The van der Waals surface area contributed by atoms with E-state index in [1.165, 1.54) is 128 Å². The molecule has 36 heavy (non-hydrogen) atoms. The molecular formula is C30H66BrN3O2. The number of nitrogens with one attached hydrogen (secondary N) is 1. The summed E-state index contributed by atoms with van der Waals surface area (Å²) in [5.74, 6) is 0. The fourth-order valence-corrected chi connectivity index (χ4v) is 5.83. The minimum atomic E-state index is -0.0460. The molecule has 1 aliphatic rings. The highest BCUT2D eigenvalue weighted by Gasteiger charge is 2.37. The van der Waals surface area contributed by atoms with E-state index in [1.807, 2.05) is 0 Å². The van der Waals surface area contributed by atoms with Gasteiger partial charge in [-0.05, 0) is 25.8 Å². The van der Waals surface area contributed by atoms with Gasteiger partial charge >= 0.3 is 0 Å². The van der Waals surface area contributed by atoms with Crippen molar-refractivity contribution in [1.82, 2.24) is 16.4 Å². The van der Waals surface area contributed by atoms with Crippen LogP contribution in [0.4, 0.5) is 0 Å². The van der Waals surface area contributed by atoms with Gasteiger partial charge < -0.3 is 21.7 Å². The van der Waals surface area contributed by atoms with Crippen LogP contribution in [0.2, 0.25) is 0 Å². The minimum Gasteiger partial charge on any atom is -0.396 e. The zero-order chi connectivity index (χ0) is 24.6. The molecule has 0 radical (unpaired) electrons. The second kappa shape index (κ2) is 28.3. The van der Waals surface area contributed by atoms with Gasteiger partial charge in [-0.1, -0.05) is 129 Å². The summed E-state index contributed by atoms with van der Waals surface area (Å²) in [6, 6.07) is 0. The van der Waals surface area contributed by atoms with E-state index in [0.717, 1.165) is 39.0 Å². The normalized spacial score (nSPS) is 15.4. The van der Waals surface area contributed by atoms with Gasteiger partial charge in [-0.25, -0.2) is 0 Å². The van der Waals surface area contributed by atoms with Crippen molar-refractivity contribution in [3.05, 3.63) is 0 Å². The average molecular weight is 581 g/mol. The zero-order valence-corrected chi connectivity index (χ0v) is 26.0. The van der Waals surface area contributed by atoms with E-state index >= 15 is 0 Å². The molecule has 0 bridgehead atoms. The second-order valence-electron chi connectivity index (χ2n) is 11.1. The lowest BCUT2D eigenvalue weighted by Gasteiger charge is -2.47. The van der Waals surface area contributed by atoms with Crippen LogP contribution >= 0.6 is 17.0 Å². The Kier molecular flexibility index (Phi) is 30.2. The van der Waals surface area contributed by atoms with E-state index in [-0.39, 0.29) is 41.9 Å². The maximum atomic E-state index is 9.53. The molecule has 0 saturated carbocycles. The fourth-order valence-electron chi connectivity index (χ4n) is 5.83. The molecule has 5 nitrogen and oxygen atoms in total. The SMILES string of the molecule is Br.CCCCCCCCCCCCCCCCCCCCCCN1CCNCC1(CCO)CCO.N. The van der Waals surface area contributed by atoms with Gasteiger partial charge in [0.1, 0.15) is 0 Å². The lowest BCUT2D eigenvalue weighted by molar-refractivity contribution is 0.0165. The molecule has 1 aliphatic heterocycles. The predicted molar refractivity (Wildman–Crippen MR) is 164 cm³/mol. The summed E-state index contributed by atoms with van der Waals surface area (Å²) in [4.78, 5) is 2.55. The standard InChI is InChI=1S/C30H62N2O2.BrH.H3N/c1-2-3-4-5-6-7-8-9-10-11-12-13-14-15-16-17-18-19-20-21-25-32-26-24-31-29-30(32,22-27-33)23-28-34;;/h31,33-34H,2-29H2,1H3;1H;1H3. The van der Waals surface area contributed by atoms with Crippen LogP contribution in [0.3, 0.4) is 0 Å². The molecule has 1 fully saturated rings. The van der Waals surface area contributed by atoms with Crippen LogP contribution in [-0.2, 0) is 0 Å². The molecule has 0 aromatic carbocycles. The molecule has 220 valence electrons. The maximum Gasteiger partial charge on any atom is 0.0449 e. The Labute approximate surface area is 236 Å². The third-order valence-electron chi connectivity index (χ3n) is 8.12. The number of unbranched alkanes of at least 4 members (excludes halogenated alkanes) is 19. The zero-order valence-electron chi connectivity index (χ0n) is 24.3. The summed E-state index contributed by atoms with van der Waals surface area (Å²) in [5, 5.41) is 22.5. The third-order valence-corrected chi connectivity index (χ3v) is 8.12. The van der Waals surface area contributed by atoms with E-state index < -0.39 is 0 Å². The summed E-state index contributed by atoms with van der Waals surface area (Å²) in [5.41, 5.74) is -0.0460. The van der Waals surface area contributed by atoms with E-state index in [9.17, 15) is 10.2 Å². The minimum absolute atomic E-state index is 0. The molecule has 0 aliphatic carbocycles. The average Bonchev–Trinajstić information content (AvgIpc) is 2.84. The molecule has 0 aromatic heterocycles. The first kappa shape index (κ1) is 38.4. The number of piperazine rings is 1. The number of aliphatic hydroxyl groups is 2. The van der Waals surface area contributed by atoms with Crippen LogP contribution in [-0.4, -0.2) is 60.0 Å². The van der Waals surface area contributed by atoms with Crippen molar-refractivity contribution in [2.75, 3.05) is 39.4 Å². The molecule has 1 rings (SSSR count). The topological polar surface area (TPSA) is 90.7 Å². The summed E-state index contributed by atoms with van der Waals surface area (Å²) in [6.07, 6.45) is 29.9. The van der Waals surface area contributed by atoms with Crippen molar-refractivity contribution in [1.29, 1.82) is 0 Å². The second-order valence-corrected chi connectivity index (χ2v) is 11.1. The monoisotopic (exact) mass is 579 g/mol. The number of hydrogen-bond donors (Lipinski definition) is 4. The van der Waals surface area contributed by atoms with Gasteiger partial charge in [0.25, 0.3) is 0 Å². The summed E-state index contributed by atoms with van der Waals surface area (Å²) in [6.45, 7) is 6.78. The molecule has 0 aromatic rings. The molecular weight excluding hydrogens is 514 g/mol. The molecule has 6 heteroatoms. The van der Waals surface area contributed by atoms with Gasteiger partial charge in [0.05, 0.1) is 0 Å². The summed E-state index contributed by atoms with van der Waals surface area (Å²) in [7, 11) is 0. The van der Waals surface area contributed by atoms with E-state index in [0.29, 0.717) is 0 Å². The first-order valence-corrected chi connectivity index (χ1v) is 15.5. The van der Waals surface area contributed by atoms with Crippen molar-refractivity contribution in [2.24, 2.45) is 0 Å². The highest BCUT2D eigenvalue weighted by molar-refractivity contribution is 8.93. The maximum absolute atomic E-state index is 9.53. The van der Waals surface area contributed by atoms with Crippen LogP contribution < -0.4 is 11.5 Å². The Bertz CT molecular complexity index is 417. The fraction of sp³-hybridized carbons (Fsp3) is 1.00. The van der Waals surface area contributed by atoms with E-state index in [1.54, 1.807) is 0 Å². The molecule has 1 heterocycles. The highest BCUT2D eigenvalue weighted by atomic mass is 79.9. The summed E-state index contributed by atoms with van der Waals surface area (Å²) >= 11 is 0. The van der Waals surface area contributed by atoms with Crippen molar-refractivity contribution < 1.29 is 10.2 Å². The number of hydrogen-bond acceptors (Lipinski definition) is 5. The number of rotatable bonds is 25. The Morgan fingerprint density at radius 2 is 0.972 bits per heavy atom. The molecule has 0 atom stereocenters. The lowest BCUT2D eigenvalue weighted by Crippen LogP contribution is -2.62. The molecule has 1 saturated heterocycles. The van der Waals surface area contributed by atoms with Crippen molar-refractivity contribution >= 4 is 17.0 Å². The van der Waals surface area contributed by atoms with Gasteiger partial charge in [0, 0.05) is 38.4 Å². The first-order chi connectivity index (χ1) is 16.8. The summed E-state index contributed by atoms with van der Waals surface area (Å²) < 4.78 is 0. The Balaban J connectivity index is 0. The quantitative estimate of drug-likeness (QED) is 0.0823. The third kappa shape index (κ3) is 19.4. The highest BCUT2D eigenvalue weighted by Crippen LogP contribution is 2.26. The molecule has 0 amide bonds. The van der Waals surface area contributed by atoms with Crippen molar-refractivity contribution in [3.63, 3.8) is 0 Å². The van der Waals surface area contributed by atoms with Gasteiger partial charge in [0.15, 0.2) is 0 Å². The van der Waals surface area contributed by atoms with Crippen LogP contribution in [0, 0.1) is 0 Å². The van der Waals surface area contributed by atoms with Gasteiger partial charge in [-0.15, -0.1) is 17.0 Å². The van der Waals surface area contributed by atoms with Crippen molar-refractivity contribution in [3.8, 4) is 0 Å². The van der Waals surface area contributed by atoms with Crippen molar-refractivity contribution in [2.45, 2.75) is 154 Å². The van der Waals surface area contributed by atoms with Crippen LogP contribution in [0.1, 0.15) is 148 Å². The largest absolute Gasteiger partial charge is 0.396 e. The Hall–Kier alpha value is 0.280. The number of aliphatic hydroxyl groups excluding tert-OH is 2. The van der Waals surface area contributed by atoms with Crippen LogP contribution in [0.15, 0.2) is 0 Å². The smallest absolute Gasteiger partial charge is 0.0449 e. The van der Waals surface area contributed by atoms with Gasteiger partial charge in [0.2, 0.25) is 0 Å². The van der Waals surface area contributed by atoms with E-state index in [2.05, 4.69) is 17.1 Å². The van der Waals surface area contributed by atoms with Gasteiger partial charge in [-0.3, -0.25) is 4.90 Å². The Morgan fingerprint density at radius 1 is 0.611 bits per heavy atom. The van der Waals surface area contributed by atoms with Gasteiger partial charge in [-0.2, -0.15) is 0 Å². The number of halogens is 1. The van der Waals surface area contributed by atoms with Crippen LogP contribution in [0.25, 0.3) is 0 Å². The van der Waals surface area contributed by atoms with Crippen LogP contribution in [0.5, 0.6) is 0 Å². The lowest BCUT2D eigenvalue weighted by atomic mass is 9.87.